The van der Waals surface area contributed by atoms with E-state index in [4.69, 9.17) is 9.72 Å². The first-order chi connectivity index (χ1) is 11.9. The second kappa shape index (κ2) is 5.03. The molecule has 3 aromatic heterocycles. The molecule has 0 unspecified atom stereocenters. The van der Waals surface area contributed by atoms with Gasteiger partial charge in [-0.2, -0.15) is 5.10 Å². The number of rotatable bonds is 2. The molecule has 0 fully saturated rings. The minimum Gasteiger partial charge on any atom is -0.494 e. The van der Waals surface area contributed by atoms with Crippen LogP contribution < -0.4 is 4.74 Å². The van der Waals surface area contributed by atoms with Gasteiger partial charge in [0.1, 0.15) is 5.75 Å². The van der Waals surface area contributed by atoms with Crippen molar-refractivity contribution in [3.05, 3.63) is 47.9 Å². The van der Waals surface area contributed by atoms with Crippen LogP contribution in [0.4, 0.5) is 0 Å². The maximum Gasteiger partial charge on any atom is 0.146 e. The first-order valence-corrected chi connectivity index (χ1v) is 8.12. The molecule has 0 atom stereocenters. The summed E-state index contributed by atoms with van der Waals surface area (Å²) < 4.78 is 5.51. The number of fused-ring (bicyclic) bond motifs is 5. The SMILES string of the molecule is COc1cnccc1-c1nc2ccc3[nH]ncc3c2c2c1CCC2. The van der Waals surface area contributed by atoms with E-state index in [2.05, 4.69) is 21.2 Å². The zero-order chi connectivity index (χ0) is 16.1. The van der Waals surface area contributed by atoms with E-state index >= 15 is 0 Å². The number of ether oxygens (including phenoxy) is 1. The molecule has 5 nitrogen and oxygen atoms in total. The van der Waals surface area contributed by atoms with Crippen LogP contribution in [0.3, 0.4) is 0 Å². The van der Waals surface area contributed by atoms with E-state index in [9.17, 15) is 0 Å². The third-order valence-corrected chi connectivity index (χ3v) is 4.90. The summed E-state index contributed by atoms with van der Waals surface area (Å²) in [5.41, 5.74) is 6.85. The molecular weight excluding hydrogens is 300 g/mol. The third kappa shape index (κ3) is 1.78. The van der Waals surface area contributed by atoms with Gasteiger partial charge in [-0.15, -0.1) is 0 Å². The first kappa shape index (κ1) is 13.5. The van der Waals surface area contributed by atoms with Gasteiger partial charge in [0.2, 0.25) is 0 Å². The monoisotopic (exact) mass is 316 g/mol. The molecule has 1 aliphatic carbocycles. The number of aromatic nitrogens is 4. The average molecular weight is 316 g/mol. The lowest BCUT2D eigenvalue weighted by molar-refractivity contribution is 0.414. The van der Waals surface area contributed by atoms with Gasteiger partial charge in [0, 0.05) is 22.5 Å². The average Bonchev–Trinajstić information content (AvgIpc) is 3.29. The number of hydrogen-bond acceptors (Lipinski definition) is 4. The summed E-state index contributed by atoms with van der Waals surface area (Å²) in [4.78, 5) is 9.17. The maximum atomic E-state index is 5.51. The molecule has 1 aliphatic rings. The predicted octanol–water partition coefficient (Wildman–Crippen LogP) is 3.67. The number of pyridine rings is 2. The maximum absolute atomic E-state index is 5.51. The highest BCUT2D eigenvalue weighted by molar-refractivity contribution is 6.08. The summed E-state index contributed by atoms with van der Waals surface area (Å²) >= 11 is 0. The van der Waals surface area contributed by atoms with E-state index in [0.717, 1.165) is 52.7 Å². The fourth-order valence-corrected chi connectivity index (χ4v) is 3.85. The van der Waals surface area contributed by atoms with E-state index in [-0.39, 0.29) is 0 Å². The Morgan fingerprint density at radius 2 is 2.00 bits per heavy atom. The van der Waals surface area contributed by atoms with Gasteiger partial charge in [-0.3, -0.25) is 10.1 Å². The molecule has 0 spiro atoms. The first-order valence-electron chi connectivity index (χ1n) is 8.12. The number of nitrogens with one attached hydrogen (secondary N) is 1. The van der Waals surface area contributed by atoms with Gasteiger partial charge in [0.25, 0.3) is 0 Å². The van der Waals surface area contributed by atoms with Crippen molar-refractivity contribution in [3.63, 3.8) is 0 Å². The van der Waals surface area contributed by atoms with Crippen LogP contribution in [0.15, 0.2) is 36.8 Å². The fraction of sp³-hybridized carbons (Fsp3) is 0.211. The summed E-state index contributed by atoms with van der Waals surface area (Å²) in [6.07, 6.45) is 8.74. The smallest absolute Gasteiger partial charge is 0.146 e. The van der Waals surface area contributed by atoms with Crippen molar-refractivity contribution in [1.82, 2.24) is 20.2 Å². The molecule has 4 aromatic rings. The van der Waals surface area contributed by atoms with Crippen LogP contribution in [-0.2, 0) is 12.8 Å². The molecule has 118 valence electrons. The van der Waals surface area contributed by atoms with Crippen molar-refractivity contribution in [2.45, 2.75) is 19.3 Å². The molecule has 3 heterocycles. The van der Waals surface area contributed by atoms with Gasteiger partial charge in [-0.05, 0) is 48.6 Å². The normalized spacial score (nSPS) is 13.5. The molecule has 1 N–H and O–H groups in total. The molecule has 0 bridgehead atoms. The molecule has 0 radical (unpaired) electrons. The summed E-state index contributed by atoms with van der Waals surface area (Å²) in [5, 5.41) is 9.67. The van der Waals surface area contributed by atoms with Crippen LogP contribution in [0.5, 0.6) is 5.75 Å². The van der Waals surface area contributed by atoms with E-state index < -0.39 is 0 Å². The molecule has 0 amide bonds. The molecule has 24 heavy (non-hydrogen) atoms. The number of H-pyrrole nitrogens is 1. The number of methoxy groups -OCH3 is 1. The Kier molecular flexibility index (Phi) is 2.82. The zero-order valence-corrected chi connectivity index (χ0v) is 13.3. The van der Waals surface area contributed by atoms with Crippen molar-refractivity contribution < 1.29 is 4.74 Å². The third-order valence-electron chi connectivity index (χ3n) is 4.90. The minimum atomic E-state index is 0.767. The largest absolute Gasteiger partial charge is 0.494 e. The van der Waals surface area contributed by atoms with Gasteiger partial charge in [-0.1, -0.05) is 0 Å². The molecule has 0 aliphatic heterocycles. The summed E-state index contributed by atoms with van der Waals surface area (Å²) in [5.74, 6) is 0.767. The number of benzene rings is 1. The highest BCUT2D eigenvalue weighted by Gasteiger charge is 2.23. The van der Waals surface area contributed by atoms with Crippen molar-refractivity contribution in [2.24, 2.45) is 0 Å². The summed E-state index contributed by atoms with van der Waals surface area (Å²) in [6.45, 7) is 0. The fourth-order valence-electron chi connectivity index (χ4n) is 3.85. The number of aromatic amines is 1. The van der Waals surface area contributed by atoms with Crippen molar-refractivity contribution in [1.29, 1.82) is 0 Å². The second-order valence-electron chi connectivity index (χ2n) is 6.14. The van der Waals surface area contributed by atoms with E-state index in [1.54, 1.807) is 19.5 Å². The van der Waals surface area contributed by atoms with Crippen LogP contribution in [0.25, 0.3) is 33.1 Å². The highest BCUT2D eigenvalue weighted by Crippen LogP contribution is 2.40. The molecule has 5 heteroatoms. The number of hydrogen-bond donors (Lipinski definition) is 1. The Labute approximate surface area is 138 Å². The summed E-state index contributed by atoms with van der Waals surface area (Å²) in [6, 6.07) is 6.11. The van der Waals surface area contributed by atoms with Gasteiger partial charge < -0.3 is 4.74 Å². The Morgan fingerprint density at radius 3 is 2.92 bits per heavy atom. The van der Waals surface area contributed by atoms with Crippen molar-refractivity contribution in [3.8, 4) is 17.0 Å². The van der Waals surface area contributed by atoms with Crippen LogP contribution in [-0.4, -0.2) is 27.3 Å². The molecule has 0 saturated heterocycles. The minimum absolute atomic E-state index is 0.767. The Bertz CT molecular complexity index is 1080. The van der Waals surface area contributed by atoms with Crippen LogP contribution in [0.2, 0.25) is 0 Å². The van der Waals surface area contributed by atoms with Crippen LogP contribution in [0.1, 0.15) is 17.5 Å². The Hall–Kier alpha value is -2.95. The quantitative estimate of drug-likeness (QED) is 0.613. The Balaban J connectivity index is 1.90. The topological polar surface area (TPSA) is 63.7 Å². The molecule has 0 saturated carbocycles. The second-order valence-corrected chi connectivity index (χ2v) is 6.14. The lowest BCUT2D eigenvalue weighted by atomic mass is 9.97. The lowest BCUT2D eigenvalue weighted by Gasteiger charge is -2.14. The molecule has 5 rings (SSSR count). The molecular formula is C19H16N4O. The standard InChI is InChI=1S/C19H16N4O/c1-24-17-10-20-8-7-13(17)19-12-4-2-3-11(12)18-14-9-21-23-15(14)5-6-16(18)22-19/h5-10H,2-4H2,1H3,(H,21,23). The van der Waals surface area contributed by atoms with Gasteiger partial charge in [0.05, 0.1) is 36.2 Å². The number of aryl methyl sites for hydroxylation is 1. The van der Waals surface area contributed by atoms with Gasteiger partial charge >= 0.3 is 0 Å². The van der Waals surface area contributed by atoms with E-state index in [1.165, 1.54) is 16.5 Å². The molecule has 1 aromatic carbocycles. The van der Waals surface area contributed by atoms with E-state index in [1.807, 2.05) is 18.3 Å². The predicted molar refractivity (Wildman–Crippen MR) is 93.2 cm³/mol. The van der Waals surface area contributed by atoms with Crippen LogP contribution in [0, 0.1) is 0 Å². The van der Waals surface area contributed by atoms with Crippen molar-refractivity contribution >= 4 is 21.8 Å². The number of nitrogens with zero attached hydrogens (tertiary/aromatic N) is 3. The van der Waals surface area contributed by atoms with Crippen LogP contribution >= 0.6 is 0 Å². The zero-order valence-electron chi connectivity index (χ0n) is 13.3. The lowest BCUT2D eigenvalue weighted by Crippen LogP contribution is -1.98. The highest BCUT2D eigenvalue weighted by atomic mass is 16.5. The summed E-state index contributed by atoms with van der Waals surface area (Å²) in [7, 11) is 1.68. The van der Waals surface area contributed by atoms with Gasteiger partial charge in [-0.25, -0.2) is 4.98 Å². The van der Waals surface area contributed by atoms with Crippen molar-refractivity contribution in [2.75, 3.05) is 7.11 Å². The van der Waals surface area contributed by atoms with Gasteiger partial charge in [0.15, 0.2) is 0 Å². The Morgan fingerprint density at radius 1 is 1.08 bits per heavy atom. The van der Waals surface area contributed by atoms with E-state index in [0.29, 0.717) is 0 Å².